The van der Waals surface area contributed by atoms with Crippen molar-refractivity contribution < 1.29 is 17.6 Å². The minimum Gasteiger partial charge on any atom is -0.436 e. The summed E-state index contributed by atoms with van der Waals surface area (Å²) in [6.07, 6.45) is 3.48. The highest BCUT2D eigenvalue weighted by atomic mass is 32.2. The summed E-state index contributed by atoms with van der Waals surface area (Å²) in [5, 5.41) is 3.61. The number of nitrogens with zero attached hydrogens (tertiary/aromatic N) is 2. The number of benzene rings is 2. The number of rotatable bonds is 6. The van der Waals surface area contributed by atoms with Crippen LogP contribution in [0.3, 0.4) is 0 Å². The predicted octanol–water partition coefficient (Wildman–Crippen LogP) is 3.46. The average molecular weight is 423 g/mol. The maximum atomic E-state index is 13.2. The lowest BCUT2D eigenvalue weighted by molar-refractivity contribution is 0.0925. The number of carbonyl (C=O) groups excluding carboxylic acids is 1. The van der Waals surface area contributed by atoms with Crippen LogP contribution >= 0.6 is 0 Å². The van der Waals surface area contributed by atoms with Gasteiger partial charge in [0.05, 0.1) is 16.6 Å². The summed E-state index contributed by atoms with van der Waals surface area (Å²) in [5.74, 6) is 0.216. The molecule has 0 fully saturated rings. The van der Waals surface area contributed by atoms with E-state index in [-0.39, 0.29) is 16.6 Å². The molecule has 4 aromatic rings. The maximum absolute atomic E-state index is 13.2. The molecular formula is C22H21N3O4S. The van der Waals surface area contributed by atoms with Crippen LogP contribution in [0, 0.1) is 13.8 Å². The zero-order valence-electron chi connectivity index (χ0n) is 16.6. The third kappa shape index (κ3) is 3.73. The molecule has 0 saturated heterocycles. The standard InChI is InChI=1S/C22H21N3O4S/c1-15-7-9-18(10-8-15)30(27,28)25-14-17(19-5-3-4-6-20(19)25)11-12-23-22(26)21-13-24-16(2)29-21/h3-10,13-14H,11-12H2,1-2H3,(H,23,26). The van der Waals surface area contributed by atoms with E-state index >= 15 is 0 Å². The number of nitrogens with one attached hydrogen (secondary N) is 1. The van der Waals surface area contributed by atoms with Gasteiger partial charge in [-0.3, -0.25) is 4.79 Å². The van der Waals surface area contributed by atoms with Crippen LogP contribution in [0.15, 0.2) is 70.2 Å². The molecule has 0 radical (unpaired) electrons. The summed E-state index contributed by atoms with van der Waals surface area (Å²) >= 11 is 0. The summed E-state index contributed by atoms with van der Waals surface area (Å²) in [6, 6.07) is 14.1. The van der Waals surface area contributed by atoms with Crippen LogP contribution in [-0.4, -0.2) is 29.8 Å². The molecule has 8 heteroatoms. The molecule has 4 rings (SSSR count). The van der Waals surface area contributed by atoms with E-state index in [0.29, 0.717) is 24.4 Å². The van der Waals surface area contributed by atoms with Gasteiger partial charge in [-0.15, -0.1) is 0 Å². The van der Waals surface area contributed by atoms with Crippen molar-refractivity contribution in [2.75, 3.05) is 6.54 Å². The molecule has 0 saturated carbocycles. The Morgan fingerprint density at radius 3 is 2.53 bits per heavy atom. The fourth-order valence-corrected chi connectivity index (χ4v) is 4.70. The Kier molecular flexibility index (Phi) is 5.17. The Morgan fingerprint density at radius 1 is 1.10 bits per heavy atom. The molecule has 7 nitrogen and oxygen atoms in total. The first-order valence-electron chi connectivity index (χ1n) is 9.48. The Morgan fingerprint density at radius 2 is 1.83 bits per heavy atom. The summed E-state index contributed by atoms with van der Waals surface area (Å²) in [6.45, 7) is 3.91. The molecule has 2 aromatic carbocycles. The molecule has 0 aliphatic heterocycles. The fraction of sp³-hybridized carbons (Fsp3) is 0.182. The summed E-state index contributed by atoms with van der Waals surface area (Å²) in [7, 11) is -3.74. The average Bonchev–Trinajstić information content (AvgIpc) is 3.33. The largest absolute Gasteiger partial charge is 0.436 e. The normalized spacial score (nSPS) is 11.7. The molecule has 0 aliphatic rings. The zero-order valence-corrected chi connectivity index (χ0v) is 17.4. The number of hydrogen-bond donors (Lipinski definition) is 1. The number of amides is 1. The number of para-hydroxylation sites is 1. The van der Waals surface area contributed by atoms with E-state index in [1.165, 1.54) is 10.2 Å². The van der Waals surface area contributed by atoms with Crippen molar-refractivity contribution in [3.63, 3.8) is 0 Å². The van der Waals surface area contributed by atoms with Gasteiger partial charge >= 0.3 is 0 Å². The second-order valence-corrected chi connectivity index (χ2v) is 8.85. The van der Waals surface area contributed by atoms with Crippen LogP contribution < -0.4 is 5.32 Å². The smallest absolute Gasteiger partial charge is 0.288 e. The highest BCUT2D eigenvalue weighted by molar-refractivity contribution is 7.90. The first kappa shape index (κ1) is 19.9. The number of oxazole rings is 1. The topological polar surface area (TPSA) is 94.2 Å². The predicted molar refractivity (Wildman–Crippen MR) is 113 cm³/mol. The molecule has 1 amide bonds. The van der Waals surface area contributed by atoms with Gasteiger partial charge in [-0.1, -0.05) is 35.9 Å². The van der Waals surface area contributed by atoms with Crippen LogP contribution in [0.25, 0.3) is 10.9 Å². The maximum Gasteiger partial charge on any atom is 0.288 e. The van der Waals surface area contributed by atoms with Gasteiger partial charge < -0.3 is 9.73 Å². The molecule has 30 heavy (non-hydrogen) atoms. The van der Waals surface area contributed by atoms with E-state index in [1.54, 1.807) is 49.5 Å². The van der Waals surface area contributed by atoms with Crippen LogP contribution in [0.4, 0.5) is 0 Å². The Bertz CT molecular complexity index is 1320. The molecule has 2 aromatic heterocycles. The molecule has 0 atom stereocenters. The van der Waals surface area contributed by atoms with Crippen LogP contribution in [0.5, 0.6) is 0 Å². The highest BCUT2D eigenvalue weighted by Gasteiger charge is 2.21. The Balaban J connectivity index is 1.61. The number of fused-ring (bicyclic) bond motifs is 1. The van der Waals surface area contributed by atoms with Crippen LogP contribution in [0.2, 0.25) is 0 Å². The summed E-state index contributed by atoms with van der Waals surface area (Å²) in [4.78, 5) is 16.3. The molecule has 0 unspecified atom stereocenters. The lowest BCUT2D eigenvalue weighted by atomic mass is 10.1. The van der Waals surface area contributed by atoms with Crippen molar-refractivity contribution in [2.24, 2.45) is 0 Å². The van der Waals surface area contributed by atoms with Gasteiger partial charge in [-0.25, -0.2) is 17.4 Å². The lowest BCUT2D eigenvalue weighted by Crippen LogP contribution is -2.25. The molecule has 154 valence electrons. The lowest BCUT2D eigenvalue weighted by Gasteiger charge is -2.07. The van der Waals surface area contributed by atoms with Crippen molar-refractivity contribution in [1.82, 2.24) is 14.3 Å². The van der Waals surface area contributed by atoms with Gasteiger partial charge in [0.1, 0.15) is 0 Å². The van der Waals surface area contributed by atoms with Gasteiger partial charge in [0, 0.05) is 25.1 Å². The van der Waals surface area contributed by atoms with E-state index in [2.05, 4.69) is 10.3 Å². The van der Waals surface area contributed by atoms with Crippen LogP contribution in [-0.2, 0) is 16.4 Å². The summed E-state index contributed by atoms with van der Waals surface area (Å²) in [5.41, 5.74) is 2.42. The van der Waals surface area contributed by atoms with Gasteiger partial charge in [-0.2, -0.15) is 0 Å². The third-order valence-corrected chi connectivity index (χ3v) is 6.55. The van der Waals surface area contributed by atoms with Crippen molar-refractivity contribution in [3.8, 4) is 0 Å². The first-order chi connectivity index (χ1) is 14.4. The zero-order chi connectivity index (χ0) is 21.3. The molecule has 0 aliphatic carbocycles. The second kappa shape index (κ2) is 7.79. The second-order valence-electron chi connectivity index (χ2n) is 7.03. The quantitative estimate of drug-likeness (QED) is 0.513. The van der Waals surface area contributed by atoms with Crippen molar-refractivity contribution in [2.45, 2.75) is 25.2 Å². The van der Waals surface area contributed by atoms with Gasteiger partial charge in [0.15, 0.2) is 5.89 Å². The fourth-order valence-electron chi connectivity index (χ4n) is 3.30. The molecular weight excluding hydrogens is 402 g/mol. The monoisotopic (exact) mass is 423 g/mol. The molecule has 0 bridgehead atoms. The number of hydrogen-bond acceptors (Lipinski definition) is 5. The number of aromatic nitrogens is 2. The third-order valence-electron chi connectivity index (χ3n) is 4.86. The minimum atomic E-state index is -3.74. The van der Waals surface area contributed by atoms with Gasteiger partial charge in [0.2, 0.25) is 5.76 Å². The molecule has 2 heterocycles. The van der Waals surface area contributed by atoms with Crippen LogP contribution in [0.1, 0.15) is 27.6 Å². The van der Waals surface area contributed by atoms with E-state index in [0.717, 1.165) is 16.5 Å². The van der Waals surface area contributed by atoms with E-state index in [9.17, 15) is 13.2 Å². The van der Waals surface area contributed by atoms with Gasteiger partial charge in [0.25, 0.3) is 15.9 Å². The van der Waals surface area contributed by atoms with Gasteiger partial charge in [-0.05, 0) is 37.1 Å². The number of aryl methyl sites for hydroxylation is 2. The van der Waals surface area contributed by atoms with E-state index < -0.39 is 10.0 Å². The first-order valence-corrected chi connectivity index (χ1v) is 10.9. The van der Waals surface area contributed by atoms with E-state index in [1.807, 2.05) is 19.1 Å². The van der Waals surface area contributed by atoms with Crippen molar-refractivity contribution in [3.05, 3.63) is 83.7 Å². The van der Waals surface area contributed by atoms with E-state index in [4.69, 9.17) is 4.42 Å². The Hall–Kier alpha value is -3.39. The minimum absolute atomic E-state index is 0.150. The molecule has 0 spiro atoms. The summed E-state index contributed by atoms with van der Waals surface area (Å²) < 4.78 is 33.0. The van der Waals surface area contributed by atoms with Crippen molar-refractivity contribution >= 4 is 26.8 Å². The highest BCUT2D eigenvalue weighted by Crippen LogP contribution is 2.26. The SMILES string of the molecule is Cc1ccc(S(=O)(=O)n2cc(CCNC(=O)c3cnc(C)o3)c3ccccc32)cc1. The molecule has 1 N–H and O–H groups in total. The Labute approximate surface area is 174 Å². The van der Waals surface area contributed by atoms with Crippen molar-refractivity contribution in [1.29, 1.82) is 0 Å². The number of carbonyl (C=O) groups is 1.